The summed E-state index contributed by atoms with van der Waals surface area (Å²) in [6.45, 7) is 5.06. The Morgan fingerprint density at radius 1 is 1.17 bits per heavy atom. The van der Waals surface area contributed by atoms with Crippen molar-refractivity contribution in [3.8, 4) is 5.75 Å². The molecular weight excluding hydrogens is 224 g/mol. The summed E-state index contributed by atoms with van der Waals surface area (Å²) >= 11 is 0. The Kier molecular flexibility index (Phi) is 4.73. The zero-order valence-electron chi connectivity index (χ0n) is 11.3. The minimum absolute atomic E-state index is 0.730. The van der Waals surface area contributed by atoms with Gasteiger partial charge in [0.1, 0.15) is 5.75 Å². The van der Waals surface area contributed by atoms with Crippen LogP contribution in [-0.4, -0.2) is 19.7 Å². The molecule has 0 aliphatic carbocycles. The minimum Gasteiger partial charge on any atom is -0.491 e. The van der Waals surface area contributed by atoms with Gasteiger partial charge in [0.25, 0.3) is 0 Å². The lowest BCUT2D eigenvalue weighted by Gasteiger charge is -2.25. The summed E-state index contributed by atoms with van der Waals surface area (Å²) in [4.78, 5) is 2.40. The van der Waals surface area contributed by atoms with E-state index in [1.165, 1.54) is 25.7 Å². The standard InChI is InChI=1S/C15H24N2O/c1-2-12-18-14-9-7-8-13(15(14)16)17-10-5-3-4-6-11-17/h7-9H,2-6,10-12,16H2,1H3. The van der Waals surface area contributed by atoms with Crippen LogP contribution in [0.1, 0.15) is 39.0 Å². The maximum atomic E-state index is 6.24. The highest BCUT2D eigenvalue weighted by molar-refractivity contribution is 5.74. The van der Waals surface area contributed by atoms with Gasteiger partial charge in [0.05, 0.1) is 18.0 Å². The van der Waals surface area contributed by atoms with Crippen molar-refractivity contribution in [3.05, 3.63) is 18.2 Å². The molecule has 1 fully saturated rings. The average Bonchev–Trinajstić information content (AvgIpc) is 2.66. The molecule has 0 radical (unpaired) electrons. The van der Waals surface area contributed by atoms with Gasteiger partial charge in [-0.1, -0.05) is 25.8 Å². The fraction of sp³-hybridized carbons (Fsp3) is 0.600. The number of hydrogen-bond donors (Lipinski definition) is 1. The molecule has 0 bridgehead atoms. The van der Waals surface area contributed by atoms with Crippen LogP contribution < -0.4 is 15.4 Å². The average molecular weight is 248 g/mol. The first-order valence-electron chi connectivity index (χ1n) is 7.09. The van der Waals surface area contributed by atoms with Crippen LogP contribution in [-0.2, 0) is 0 Å². The van der Waals surface area contributed by atoms with Crippen molar-refractivity contribution in [2.24, 2.45) is 0 Å². The molecule has 0 saturated carbocycles. The summed E-state index contributed by atoms with van der Waals surface area (Å²) in [5.74, 6) is 0.832. The Morgan fingerprint density at radius 3 is 2.56 bits per heavy atom. The van der Waals surface area contributed by atoms with Gasteiger partial charge in [0.15, 0.2) is 0 Å². The van der Waals surface area contributed by atoms with E-state index in [1.54, 1.807) is 0 Å². The van der Waals surface area contributed by atoms with Gasteiger partial charge < -0.3 is 15.4 Å². The summed E-state index contributed by atoms with van der Waals surface area (Å²) < 4.78 is 5.70. The zero-order valence-corrected chi connectivity index (χ0v) is 11.3. The van der Waals surface area contributed by atoms with Crippen molar-refractivity contribution >= 4 is 11.4 Å². The molecule has 3 nitrogen and oxygen atoms in total. The van der Waals surface area contributed by atoms with Crippen molar-refractivity contribution in [2.75, 3.05) is 30.3 Å². The molecule has 18 heavy (non-hydrogen) atoms. The van der Waals surface area contributed by atoms with Crippen molar-refractivity contribution < 1.29 is 4.74 Å². The fourth-order valence-electron chi connectivity index (χ4n) is 2.46. The monoisotopic (exact) mass is 248 g/mol. The minimum atomic E-state index is 0.730. The molecule has 0 aromatic heterocycles. The summed E-state index contributed by atoms with van der Waals surface area (Å²) in [7, 11) is 0. The van der Waals surface area contributed by atoms with E-state index in [0.717, 1.165) is 43.2 Å². The number of nitrogen functional groups attached to an aromatic ring is 1. The van der Waals surface area contributed by atoms with E-state index in [2.05, 4.69) is 17.9 Å². The van der Waals surface area contributed by atoms with Crippen molar-refractivity contribution in [3.63, 3.8) is 0 Å². The number of para-hydroxylation sites is 1. The molecule has 3 heteroatoms. The molecule has 2 N–H and O–H groups in total. The highest BCUT2D eigenvalue weighted by atomic mass is 16.5. The van der Waals surface area contributed by atoms with Gasteiger partial charge in [-0.05, 0) is 31.4 Å². The lowest BCUT2D eigenvalue weighted by atomic mass is 10.2. The Balaban J connectivity index is 2.15. The van der Waals surface area contributed by atoms with Gasteiger partial charge in [-0.15, -0.1) is 0 Å². The van der Waals surface area contributed by atoms with Gasteiger partial charge in [-0.2, -0.15) is 0 Å². The van der Waals surface area contributed by atoms with Gasteiger partial charge in [0, 0.05) is 13.1 Å². The van der Waals surface area contributed by atoms with Crippen LogP contribution in [0.15, 0.2) is 18.2 Å². The van der Waals surface area contributed by atoms with Crippen molar-refractivity contribution in [1.29, 1.82) is 0 Å². The molecule has 1 heterocycles. The maximum Gasteiger partial charge on any atom is 0.144 e. The first kappa shape index (κ1) is 13.1. The third-order valence-corrected chi connectivity index (χ3v) is 3.45. The van der Waals surface area contributed by atoms with Gasteiger partial charge >= 0.3 is 0 Å². The molecule has 2 rings (SSSR count). The van der Waals surface area contributed by atoms with E-state index in [0.29, 0.717) is 0 Å². The van der Waals surface area contributed by atoms with E-state index < -0.39 is 0 Å². The van der Waals surface area contributed by atoms with Crippen LogP contribution in [0.2, 0.25) is 0 Å². The van der Waals surface area contributed by atoms with Gasteiger partial charge in [-0.25, -0.2) is 0 Å². The Hall–Kier alpha value is -1.38. The van der Waals surface area contributed by atoms with Crippen molar-refractivity contribution in [2.45, 2.75) is 39.0 Å². The van der Waals surface area contributed by atoms with Crippen LogP contribution in [0.25, 0.3) is 0 Å². The fourth-order valence-corrected chi connectivity index (χ4v) is 2.46. The predicted octanol–water partition coefficient (Wildman–Crippen LogP) is 3.44. The summed E-state index contributed by atoms with van der Waals surface area (Å²) in [5.41, 5.74) is 8.18. The quantitative estimate of drug-likeness (QED) is 0.830. The zero-order chi connectivity index (χ0) is 12.8. The highest BCUT2D eigenvalue weighted by Crippen LogP contribution is 2.33. The number of ether oxygens (including phenoxy) is 1. The Labute approximate surface area is 110 Å². The highest BCUT2D eigenvalue weighted by Gasteiger charge is 2.14. The first-order chi connectivity index (χ1) is 8.83. The molecule has 1 aliphatic heterocycles. The van der Waals surface area contributed by atoms with E-state index in [4.69, 9.17) is 10.5 Å². The lowest BCUT2D eigenvalue weighted by molar-refractivity contribution is 0.319. The molecule has 1 aromatic carbocycles. The second-order valence-corrected chi connectivity index (χ2v) is 4.94. The number of hydrogen-bond acceptors (Lipinski definition) is 3. The third kappa shape index (κ3) is 3.09. The predicted molar refractivity (Wildman–Crippen MR) is 77.3 cm³/mol. The number of benzene rings is 1. The first-order valence-corrected chi connectivity index (χ1v) is 7.09. The van der Waals surface area contributed by atoms with Crippen molar-refractivity contribution in [1.82, 2.24) is 0 Å². The Morgan fingerprint density at radius 2 is 1.89 bits per heavy atom. The number of nitrogens with zero attached hydrogens (tertiary/aromatic N) is 1. The second kappa shape index (κ2) is 6.53. The van der Waals surface area contributed by atoms with Crippen LogP contribution in [0, 0.1) is 0 Å². The lowest BCUT2D eigenvalue weighted by Crippen LogP contribution is -2.25. The van der Waals surface area contributed by atoms with Crippen LogP contribution >= 0.6 is 0 Å². The normalized spacial score (nSPS) is 16.4. The van der Waals surface area contributed by atoms with E-state index in [-0.39, 0.29) is 0 Å². The smallest absolute Gasteiger partial charge is 0.144 e. The molecule has 0 atom stereocenters. The number of rotatable bonds is 4. The largest absolute Gasteiger partial charge is 0.491 e. The van der Waals surface area contributed by atoms with Crippen LogP contribution in [0.4, 0.5) is 11.4 Å². The molecule has 1 saturated heterocycles. The summed E-state index contributed by atoms with van der Waals surface area (Å²) in [6.07, 6.45) is 6.21. The number of nitrogens with two attached hydrogens (primary N) is 1. The molecule has 1 aromatic rings. The van der Waals surface area contributed by atoms with E-state index in [1.807, 2.05) is 12.1 Å². The summed E-state index contributed by atoms with van der Waals surface area (Å²) in [6, 6.07) is 6.12. The SMILES string of the molecule is CCCOc1cccc(N2CCCCCC2)c1N. The molecular formula is C15H24N2O. The third-order valence-electron chi connectivity index (χ3n) is 3.45. The molecule has 1 aliphatic rings. The summed E-state index contributed by atoms with van der Waals surface area (Å²) in [5, 5.41) is 0. The van der Waals surface area contributed by atoms with E-state index in [9.17, 15) is 0 Å². The number of anilines is 2. The Bertz CT molecular complexity index is 371. The van der Waals surface area contributed by atoms with Crippen LogP contribution in [0.3, 0.4) is 0 Å². The topological polar surface area (TPSA) is 38.5 Å². The molecule has 0 amide bonds. The van der Waals surface area contributed by atoms with Crippen LogP contribution in [0.5, 0.6) is 5.75 Å². The molecule has 0 spiro atoms. The second-order valence-electron chi connectivity index (χ2n) is 4.94. The molecule has 100 valence electrons. The molecule has 0 unspecified atom stereocenters. The maximum absolute atomic E-state index is 6.24. The van der Waals surface area contributed by atoms with Gasteiger partial charge in [0.2, 0.25) is 0 Å². The van der Waals surface area contributed by atoms with Gasteiger partial charge in [-0.3, -0.25) is 0 Å². The van der Waals surface area contributed by atoms with E-state index >= 15 is 0 Å².